The average Bonchev–Trinajstić information content (AvgIpc) is 2.44. The van der Waals surface area contributed by atoms with E-state index in [2.05, 4.69) is 24.1 Å². The molecule has 0 saturated carbocycles. The summed E-state index contributed by atoms with van der Waals surface area (Å²) in [6, 6.07) is 0. The molecule has 1 fully saturated rings. The largest absolute Gasteiger partial charge is 0.379 e. The molecule has 0 radical (unpaired) electrons. The predicted octanol–water partition coefficient (Wildman–Crippen LogP) is 0.298. The van der Waals surface area contributed by atoms with Gasteiger partial charge >= 0.3 is 0 Å². The second-order valence-electron chi connectivity index (χ2n) is 5.37. The van der Waals surface area contributed by atoms with Crippen molar-refractivity contribution in [2.24, 2.45) is 11.7 Å². The topological polar surface area (TPSA) is 59.8 Å². The summed E-state index contributed by atoms with van der Waals surface area (Å²) >= 11 is 0. The highest BCUT2D eigenvalue weighted by molar-refractivity contribution is 4.73. The number of nitrogens with zero attached hydrogens (tertiary/aromatic N) is 1. The monoisotopic (exact) mass is 273 g/mol. The lowest BCUT2D eigenvalue weighted by atomic mass is 10.1. The Morgan fingerprint density at radius 1 is 1.47 bits per heavy atom. The third kappa shape index (κ3) is 7.84. The lowest BCUT2D eigenvalue weighted by Crippen LogP contribution is -2.48. The molecule has 5 nitrogen and oxygen atoms in total. The SMILES string of the molecule is CCC(C)CNCC1CN(CCOCCN)CCO1. The van der Waals surface area contributed by atoms with E-state index in [1.54, 1.807) is 0 Å². The highest BCUT2D eigenvalue weighted by atomic mass is 16.5. The molecule has 0 aromatic heterocycles. The minimum atomic E-state index is 0.312. The van der Waals surface area contributed by atoms with Gasteiger partial charge in [-0.1, -0.05) is 20.3 Å². The van der Waals surface area contributed by atoms with Crippen LogP contribution in [0.5, 0.6) is 0 Å². The zero-order valence-electron chi connectivity index (χ0n) is 12.6. The van der Waals surface area contributed by atoms with E-state index in [1.165, 1.54) is 6.42 Å². The van der Waals surface area contributed by atoms with Crippen molar-refractivity contribution in [1.82, 2.24) is 10.2 Å². The fourth-order valence-electron chi connectivity index (χ4n) is 2.12. The lowest BCUT2D eigenvalue weighted by molar-refractivity contribution is -0.0347. The average molecular weight is 273 g/mol. The van der Waals surface area contributed by atoms with Crippen molar-refractivity contribution < 1.29 is 9.47 Å². The maximum Gasteiger partial charge on any atom is 0.0826 e. The minimum absolute atomic E-state index is 0.312. The molecule has 0 aromatic rings. The summed E-state index contributed by atoms with van der Waals surface area (Å²) in [5, 5.41) is 3.50. The van der Waals surface area contributed by atoms with Crippen molar-refractivity contribution in [2.45, 2.75) is 26.4 Å². The van der Waals surface area contributed by atoms with Gasteiger partial charge in [0, 0.05) is 32.7 Å². The second kappa shape index (κ2) is 10.6. The van der Waals surface area contributed by atoms with E-state index >= 15 is 0 Å². The van der Waals surface area contributed by atoms with Crippen LogP contribution in [-0.2, 0) is 9.47 Å². The van der Waals surface area contributed by atoms with Gasteiger partial charge in [0.1, 0.15) is 0 Å². The number of morpholine rings is 1. The van der Waals surface area contributed by atoms with Gasteiger partial charge in [0.15, 0.2) is 0 Å². The van der Waals surface area contributed by atoms with E-state index in [0.717, 1.165) is 51.9 Å². The molecule has 0 aromatic carbocycles. The normalized spacial score (nSPS) is 22.6. The zero-order chi connectivity index (χ0) is 13.9. The van der Waals surface area contributed by atoms with Crippen LogP contribution in [0.3, 0.4) is 0 Å². The number of hydrogen-bond donors (Lipinski definition) is 2. The summed E-state index contributed by atoms with van der Waals surface area (Å²) in [5.74, 6) is 0.740. The van der Waals surface area contributed by atoms with Crippen LogP contribution in [0.25, 0.3) is 0 Å². The Labute approximate surface area is 117 Å². The summed E-state index contributed by atoms with van der Waals surface area (Å²) in [6.07, 6.45) is 1.54. The molecular weight excluding hydrogens is 242 g/mol. The summed E-state index contributed by atoms with van der Waals surface area (Å²) in [5.41, 5.74) is 5.39. The molecule has 19 heavy (non-hydrogen) atoms. The fraction of sp³-hybridized carbons (Fsp3) is 1.00. The molecule has 1 heterocycles. The van der Waals surface area contributed by atoms with Crippen molar-refractivity contribution in [3.05, 3.63) is 0 Å². The first kappa shape index (κ1) is 16.9. The van der Waals surface area contributed by atoms with E-state index in [9.17, 15) is 0 Å². The Morgan fingerprint density at radius 2 is 2.32 bits per heavy atom. The van der Waals surface area contributed by atoms with Crippen LogP contribution in [0.2, 0.25) is 0 Å². The molecule has 0 bridgehead atoms. The molecule has 0 amide bonds. The second-order valence-corrected chi connectivity index (χ2v) is 5.37. The minimum Gasteiger partial charge on any atom is -0.379 e. The molecule has 1 rings (SSSR count). The van der Waals surface area contributed by atoms with Gasteiger partial charge in [0.2, 0.25) is 0 Å². The summed E-state index contributed by atoms with van der Waals surface area (Å²) < 4.78 is 11.2. The molecule has 0 spiro atoms. The van der Waals surface area contributed by atoms with Crippen molar-refractivity contribution in [2.75, 3.05) is 59.1 Å². The Balaban J connectivity index is 2.08. The molecule has 0 aliphatic carbocycles. The highest BCUT2D eigenvalue weighted by Gasteiger charge is 2.19. The molecule has 2 atom stereocenters. The smallest absolute Gasteiger partial charge is 0.0826 e. The van der Waals surface area contributed by atoms with Crippen molar-refractivity contribution in [1.29, 1.82) is 0 Å². The van der Waals surface area contributed by atoms with Gasteiger partial charge in [-0.25, -0.2) is 0 Å². The Morgan fingerprint density at radius 3 is 3.05 bits per heavy atom. The predicted molar refractivity (Wildman–Crippen MR) is 78.4 cm³/mol. The van der Waals surface area contributed by atoms with Crippen molar-refractivity contribution >= 4 is 0 Å². The molecular formula is C14H31N3O2. The number of ether oxygens (including phenoxy) is 2. The first-order chi connectivity index (χ1) is 9.26. The van der Waals surface area contributed by atoms with Crippen LogP contribution in [-0.4, -0.2) is 70.1 Å². The molecule has 1 aliphatic rings. The van der Waals surface area contributed by atoms with Gasteiger partial charge in [-0.3, -0.25) is 4.90 Å². The lowest BCUT2D eigenvalue weighted by Gasteiger charge is -2.33. The van der Waals surface area contributed by atoms with Crippen molar-refractivity contribution in [3.63, 3.8) is 0 Å². The Kier molecular flexibility index (Phi) is 9.38. The van der Waals surface area contributed by atoms with Crippen molar-refractivity contribution in [3.8, 4) is 0 Å². The fourth-order valence-corrected chi connectivity index (χ4v) is 2.12. The third-order valence-corrected chi connectivity index (χ3v) is 3.60. The standard InChI is InChI=1S/C14H31N3O2/c1-3-13(2)10-16-11-14-12-17(6-9-19-14)5-8-18-7-4-15/h13-14,16H,3-12,15H2,1-2H3. The van der Waals surface area contributed by atoms with E-state index in [1.807, 2.05) is 0 Å². The van der Waals surface area contributed by atoms with Gasteiger partial charge in [0.25, 0.3) is 0 Å². The Bertz CT molecular complexity index is 217. The number of rotatable bonds is 10. The van der Waals surface area contributed by atoms with Crippen LogP contribution in [0.1, 0.15) is 20.3 Å². The summed E-state index contributed by atoms with van der Waals surface area (Å²) in [7, 11) is 0. The quantitative estimate of drug-likeness (QED) is 0.561. The van der Waals surface area contributed by atoms with Crippen LogP contribution in [0.4, 0.5) is 0 Å². The molecule has 1 aliphatic heterocycles. The molecule has 5 heteroatoms. The zero-order valence-corrected chi connectivity index (χ0v) is 12.6. The summed E-state index contributed by atoms with van der Waals surface area (Å²) in [4.78, 5) is 2.41. The molecule has 3 N–H and O–H groups in total. The number of nitrogens with two attached hydrogens (primary N) is 1. The van der Waals surface area contributed by atoms with Crippen LogP contribution in [0.15, 0.2) is 0 Å². The number of hydrogen-bond acceptors (Lipinski definition) is 5. The van der Waals surface area contributed by atoms with E-state index in [0.29, 0.717) is 19.3 Å². The van der Waals surface area contributed by atoms with Gasteiger partial charge in [0.05, 0.1) is 25.9 Å². The third-order valence-electron chi connectivity index (χ3n) is 3.60. The number of nitrogens with one attached hydrogen (secondary N) is 1. The first-order valence-electron chi connectivity index (χ1n) is 7.58. The molecule has 114 valence electrons. The highest BCUT2D eigenvalue weighted by Crippen LogP contribution is 2.05. The van der Waals surface area contributed by atoms with E-state index < -0.39 is 0 Å². The van der Waals surface area contributed by atoms with Crippen LogP contribution < -0.4 is 11.1 Å². The van der Waals surface area contributed by atoms with Gasteiger partial charge in [-0.05, 0) is 12.5 Å². The Hall–Kier alpha value is -0.200. The van der Waals surface area contributed by atoms with Gasteiger partial charge in [-0.2, -0.15) is 0 Å². The maximum absolute atomic E-state index is 5.79. The van der Waals surface area contributed by atoms with Gasteiger partial charge < -0.3 is 20.5 Å². The molecule has 1 saturated heterocycles. The summed E-state index contributed by atoms with van der Waals surface area (Å²) in [6.45, 7) is 12.4. The van der Waals surface area contributed by atoms with E-state index in [4.69, 9.17) is 15.2 Å². The maximum atomic E-state index is 5.79. The van der Waals surface area contributed by atoms with E-state index in [-0.39, 0.29) is 0 Å². The van der Waals surface area contributed by atoms with Gasteiger partial charge in [-0.15, -0.1) is 0 Å². The van der Waals surface area contributed by atoms with Crippen LogP contribution in [0, 0.1) is 5.92 Å². The first-order valence-corrected chi connectivity index (χ1v) is 7.58. The molecule has 2 unspecified atom stereocenters. The van der Waals surface area contributed by atoms with Crippen LogP contribution >= 0.6 is 0 Å².